The van der Waals surface area contributed by atoms with Crippen molar-refractivity contribution in [3.8, 4) is 0 Å². The number of hydrogen-bond donors (Lipinski definition) is 1. The van der Waals surface area contributed by atoms with Crippen molar-refractivity contribution in [1.82, 2.24) is 10.2 Å². The molecular formula is C27H29N3O6. The highest BCUT2D eigenvalue weighted by Gasteiger charge is 2.65. The zero-order chi connectivity index (χ0) is 25.4. The van der Waals surface area contributed by atoms with E-state index in [1.807, 2.05) is 62.6 Å². The van der Waals surface area contributed by atoms with Gasteiger partial charge in [0.1, 0.15) is 18.1 Å². The molecule has 0 unspecified atom stereocenters. The van der Waals surface area contributed by atoms with Gasteiger partial charge in [0.15, 0.2) is 5.78 Å². The second-order valence-corrected chi connectivity index (χ2v) is 9.52. The molecule has 1 saturated carbocycles. The van der Waals surface area contributed by atoms with Gasteiger partial charge >= 0.3 is 6.09 Å². The Balaban J connectivity index is 1.54. The van der Waals surface area contributed by atoms with Crippen LogP contribution in [0.2, 0.25) is 0 Å². The molecular weight excluding hydrogens is 462 g/mol. The Kier molecular flexibility index (Phi) is 6.27. The number of nitrogens with one attached hydrogen (secondary N) is 1. The molecule has 3 fully saturated rings. The molecule has 0 radical (unpaired) electrons. The van der Waals surface area contributed by atoms with Crippen LogP contribution in [0, 0.1) is 5.92 Å². The summed E-state index contributed by atoms with van der Waals surface area (Å²) in [6, 6.07) is 16.0. The molecule has 9 heteroatoms. The summed E-state index contributed by atoms with van der Waals surface area (Å²) in [5.74, 6) is -1.10. The maximum Gasteiger partial charge on any atom is 0.407 e. The Bertz CT molecular complexity index is 1210. The highest BCUT2D eigenvalue weighted by molar-refractivity contribution is 6.14. The molecule has 3 aliphatic heterocycles. The van der Waals surface area contributed by atoms with Crippen LogP contribution in [0.15, 0.2) is 66.4 Å². The molecule has 6 rings (SSSR count). The molecule has 4 atom stereocenters. The molecule has 1 N–H and O–H groups in total. The van der Waals surface area contributed by atoms with E-state index in [9.17, 15) is 14.4 Å². The highest BCUT2D eigenvalue weighted by Crippen LogP contribution is 2.53. The number of benzene rings is 2. The van der Waals surface area contributed by atoms with E-state index in [0.29, 0.717) is 16.8 Å². The summed E-state index contributed by atoms with van der Waals surface area (Å²) in [5.41, 5.74) is 1.23. The third kappa shape index (κ3) is 3.84. The Hall–Kier alpha value is -3.69. The normalized spacial score (nSPS) is 27.8. The number of ketones is 1. The molecule has 2 saturated heterocycles. The van der Waals surface area contributed by atoms with Crippen LogP contribution in [0.25, 0.3) is 0 Å². The topological polar surface area (TPSA) is 97.4 Å². The fraction of sp³-hybridized carbons (Fsp3) is 0.370. The number of carbonyl (C=O) groups is 3. The van der Waals surface area contributed by atoms with Crippen LogP contribution in [0.3, 0.4) is 0 Å². The van der Waals surface area contributed by atoms with Gasteiger partial charge in [0.2, 0.25) is 0 Å². The Morgan fingerprint density at radius 2 is 1.89 bits per heavy atom. The average molecular weight is 492 g/mol. The number of anilines is 1. The molecule has 1 aliphatic carbocycles. The minimum Gasteiger partial charge on any atom is -0.445 e. The Labute approximate surface area is 209 Å². The molecule has 2 amide bonds. The van der Waals surface area contributed by atoms with Gasteiger partial charge in [0, 0.05) is 37.8 Å². The van der Waals surface area contributed by atoms with Gasteiger partial charge in [0.05, 0.1) is 19.4 Å². The lowest BCUT2D eigenvalue weighted by molar-refractivity contribution is -0.146. The first-order chi connectivity index (χ1) is 17.4. The quantitative estimate of drug-likeness (QED) is 0.642. The molecule has 188 valence electrons. The molecule has 1 spiro atoms. The monoisotopic (exact) mass is 491 g/mol. The fourth-order valence-electron chi connectivity index (χ4n) is 5.57. The van der Waals surface area contributed by atoms with E-state index in [1.165, 1.54) is 12.2 Å². The number of fused-ring (bicyclic) bond motifs is 4. The van der Waals surface area contributed by atoms with Gasteiger partial charge in [0.25, 0.3) is 5.91 Å². The highest BCUT2D eigenvalue weighted by atomic mass is 16.7. The van der Waals surface area contributed by atoms with Crippen LogP contribution in [-0.4, -0.2) is 62.6 Å². The summed E-state index contributed by atoms with van der Waals surface area (Å²) in [4.78, 5) is 47.9. The van der Waals surface area contributed by atoms with Gasteiger partial charge in [-0.25, -0.2) is 4.79 Å². The standard InChI is InChI=1S/C27H29N3O6/c1-29(2)14-18-19-16-35-24(23(18)31)27(20-11-7-8-12-22(20)30(34-3)25(27)32)13-21(19)28-26(33)36-15-17-9-5-4-6-10-17/h4-12,14,19,21,24H,13,15-16H2,1-3H3,(H,28,33)/t19-,21-,24+,27-/m0/s1. The van der Waals surface area contributed by atoms with Crippen LogP contribution in [-0.2, 0) is 35.9 Å². The maximum absolute atomic E-state index is 13.9. The first kappa shape index (κ1) is 24.0. The lowest BCUT2D eigenvalue weighted by Crippen LogP contribution is -2.53. The Morgan fingerprint density at radius 3 is 2.61 bits per heavy atom. The number of hydrogen-bond acceptors (Lipinski definition) is 7. The minimum atomic E-state index is -1.35. The summed E-state index contributed by atoms with van der Waals surface area (Å²) in [7, 11) is 5.07. The summed E-state index contributed by atoms with van der Waals surface area (Å²) in [6.07, 6.45) is 0.254. The van der Waals surface area contributed by atoms with E-state index in [4.69, 9.17) is 14.3 Å². The number of amides is 2. The summed E-state index contributed by atoms with van der Waals surface area (Å²) < 4.78 is 11.6. The predicted octanol–water partition coefficient (Wildman–Crippen LogP) is 2.56. The van der Waals surface area contributed by atoms with Crippen molar-refractivity contribution in [3.05, 3.63) is 77.5 Å². The molecule has 9 nitrogen and oxygen atoms in total. The van der Waals surface area contributed by atoms with E-state index in [1.54, 1.807) is 17.2 Å². The third-order valence-corrected chi connectivity index (χ3v) is 7.11. The van der Waals surface area contributed by atoms with Crippen molar-refractivity contribution in [2.45, 2.75) is 30.6 Å². The van der Waals surface area contributed by atoms with E-state index in [-0.39, 0.29) is 31.3 Å². The Morgan fingerprint density at radius 1 is 1.17 bits per heavy atom. The lowest BCUT2D eigenvalue weighted by atomic mass is 9.72. The minimum absolute atomic E-state index is 0.104. The number of hydroxylamine groups is 1. The number of para-hydroxylation sites is 1. The zero-order valence-corrected chi connectivity index (χ0v) is 20.5. The summed E-state index contributed by atoms with van der Waals surface area (Å²) in [5, 5.41) is 4.16. The van der Waals surface area contributed by atoms with Crippen molar-refractivity contribution in [1.29, 1.82) is 0 Å². The van der Waals surface area contributed by atoms with E-state index < -0.39 is 29.6 Å². The average Bonchev–Trinajstić information content (AvgIpc) is 2.95. The number of Topliss-reactive ketones (excluding diaryl/α,β-unsaturated/α-hetero) is 1. The van der Waals surface area contributed by atoms with Crippen molar-refractivity contribution >= 4 is 23.5 Å². The second-order valence-electron chi connectivity index (χ2n) is 9.52. The zero-order valence-electron chi connectivity index (χ0n) is 20.5. The van der Waals surface area contributed by atoms with Crippen molar-refractivity contribution < 1.29 is 28.7 Å². The molecule has 0 aromatic heterocycles. The lowest BCUT2D eigenvalue weighted by Gasteiger charge is -2.35. The van der Waals surface area contributed by atoms with Crippen molar-refractivity contribution in [2.24, 2.45) is 5.92 Å². The molecule has 2 aromatic carbocycles. The number of alkyl carbamates (subject to hydrolysis) is 1. The SMILES string of the molecule is CON1C(=O)[C@@]2(C[C@H](NC(=O)OCc3ccccc3)[C@H]3CO[C@@H]2C(=O)C3=CN(C)C)c2ccccc21. The number of nitrogens with zero attached hydrogens (tertiary/aromatic N) is 2. The van der Waals surface area contributed by atoms with Gasteiger partial charge in [-0.05, 0) is 23.6 Å². The number of ether oxygens (including phenoxy) is 2. The van der Waals surface area contributed by atoms with Crippen LogP contribution in [0.1, 0.15) is 17.5 Å². The van der Waals surface area contributed by atoms with Crippen LogP contribution < -0.4 is 10.4 Å². The summed E-state index contributed by atoms with van der Waals surface area (Å²) >= 11 is 0. The smallest absolute Gasteiger partial charge is 0.407 e. The second kappa shape index (κ2) is 9.40. The first-order valence-electron chi connectivity index (χ1n) is 11.9. The number of carbonyl (C=O) groups excluding carboxylic acids is 3. The third-order valence-electron chi connectivity index (χ3n) is 7.11. The molecule has 2 aromatic rings. The van der Waals surface area contributed by atoms with E-state index in [0.717, 1.165) is 5.56 Å². The van der Waals surface area contributed by atoms with Crippen molar-refractivity contribution in [2.75, 3.05) is 32.9 Å². The van der Waals surface area contributed by atoms with Crippen LogP contribution in [0.5, 0.6) is 0 Å². The largest absolute Gasteiger partial charge is 0.445 e. The van der Waals surface area contributed by atoms with Gasteiger partial charge in [-0.1, -0.05) is 48.5 Å². The van der Waals surface area contributed by atoms with E-state index >= 15 is 0 Å². The van der Waals surface area contributed by atoms with E-state index in [2.05, 4.69) is 5.32 Å². The van der Waals surface area contributed by atoms with Crippen LogP contribution in [0.4, 0.5) is 10.5 Å². The molecule has 36 heavy (non-hydrogen) atoms. The van der Waals surface area contributed by atoms with Gasteiger partial charge in [-0.3, -0.25) is 14.4 Å². The van der Waals surface area contributed by atoms with Gasteiger partial charge in [-0.2, -0.15) is 5.06 Å². The molecule has 2 bridgehead atoms. The van der Waals surface area contributed by atoms with Gasteiger partial charge in [-0.15, -0.1) is 0 Å². The van der Waals surface area contributed by atoms with Crippen LogP contribution >= 0.6 is 0 Å². The first-order valence-corrected chi connectivity index (χ1v) is 11.9. The maximum atomic E-state index is 13.9. The fourth-order valence-corrected chi connectivity index (χ4v) is 5.57. The number of rotatable bonds is 5. The molecule has 4 aliphatic rings. The molecule has 3 heterocycles. The predicted molar refractivity (Wildman–Crippen MR) is 131 cm³/mol. The van der Waals surface area contributed by atoms with Gasteiger partial charge < -0.3 is 19.7 Å². The summed E-state index contributed by atoms with van der Waals surface area (Å²) in [6.45, 7) is 0.288. The van der Waals surface area contributed by atoms with Crippen molar-refractivity contribution in [3.63, 3.8) is 0 Å².